The Hall–Kier alpha value is -0.830. The number of nitrogens with one attached hydrogen (secondary N) is 1. The second-order valence-corrected chi connectivity index (χ2v) is 5.79. The minimum Gasteiger partial charge on any atom is -0.307 e. The topological polar surface area (TPSA) is 29.9 Å². The van der Waals surface area contributed by atoms with Gasteiger partial charge in [-0.1, -0.05) is 0 Å². The van der Waals surface area contributed by atoms with E-state index in [1.807, 2.05) is 0 Å². The van der Waals surface area contributed by atoms with Crippen LogP contribution in [-0.2, 0) is 6.42 Å². The highest BCUT2D eigenvalue weighted by atomic mass is 15.3. The van der Waals surface area contributed by atoms with Gasteiger partial charge in [-0.25, -0.2) is 0 Å². The smallest absolute Gasteiger partial charge is 0.0688 e. The molecule has 0 unspecified atom stereocenters. The van der Waals surface area contributed by atoms with Gasteiger partial charge in [0.25, 0.3) is 0 Å². The van der Waals surface area contributed by atoms with Crippen LogP contribution < -0.4 is 5.32 Å². The first-order valence-corrected chi connectivity index (χ1v) is 6.65. The van der Waals surface area contributed by atoms with Crippen LogP contribution in [0.5, 0.6) is 0 Å². The van der Waals surface area contributed by atoms with E-state index in [1.165, 1.54) is 36.9 Å². The van der Waals surface area contributed by atoms with E-state index in [0.29, 0.717) is 18.1 Å². The maximum Gasteiger partial charge on any atom is 0.0688 e. The predicted octanol–water partition coefficient (Wildman–Crippen LogP) is 2.20. The largest absolute Gasteiger partial charge is 0.307 e. The van der Waals surface area contributed by atoms with Crippen molar-refractivity contribution in [3.05, 3.63) is 17.5 Å². The highest BCUT2D eigenvalue weighted by Gasteiger charge is 2.36. The van der Waals surface area contributed by atoms with Crippen molar-refractivity contribution in [1.82, 2.24) is 15.1 Å². The summed E-state index contributed by atoms with van der Waals surface area (Å²) in [6, 6.07) is 1.93. The number of hydrogen-bond donors (Lipinski definition) is 1. The zero-order valence-electron chi connectivity index (χ0n) is 9.82. The van der Waals surface area contributed by atoms with E-state index in [-0.39, 0.29) is 0 Å². The average Bonchev–Trinajstić information content (AvgIpc) is 2.93. The summed E-state index contributed by atoms with van der Waals surface area (Å²) in [5.41, 5.74) is 2.86. The van der Waals surface area contributed by atoms with Crippen LogP contribution in [0.4, 0.5) is 0 Å². The van der Waals surface area contributed by atoms with Gasteiger partial charge in [0.1, 0.15) is 0 Å². The Bertz CT molecular complexity index is 419. The molecule has 4 rings (SSSR count). The molecule has 3 heteroatoms. The number of nitrogens with zero attached hydrogens (tertiary/aromatic N) is 2. The molecule has 1 saturated carbocycles. The van der Waals surface area contributed by atoms with Crippen molar-refractivity contribution in [3.63, 3.8) is 0 Å². The van der Waals surface area contributed by atoms with Crippen LogP contribution in [0, 0.1) is 5.92 Å². The zero-order valence-corrected chi connectivity index (χ0v) is 9.82. The first-order chi connectivity index (χ1) is 7.81. The van der Waals surface area contributed by atoms with Gasteiger partial charge < -0.3 is 5.32 Å². The van der Waals surface area contributed by atoms with E-state index in [1.54, 1.807) is 0 Å². The molecule has 0 aromatic carbocycles. The fraction of sp³-hybridized carbons (Fsp3) is 0.769. The first kappa shape index (κ1) is 9.23. The van der Waals surface area contributed by atoms with Crippen LogP contribution in [-0.4, -0.2) is 15.8 Å². The molecule has 0 amide bonds. The third-order valence-corrected chi connectivity index (χ3v) is 4.62. The van der Waals surface area contributed by atoms with Gasteiger partial charge in [-0.15, -0.1) is 0 Å². The van der Waals surface area contributed by atoms with Crippen LogP contribution >= 0.6 is 0 Å². The maximum absolute atomic E-state index is 4.83. The summed E-state index contributed by atoms with van der Waals surface area (Å²) < 4.78 is 2.24. The molecule has 2 aliphatic heterocycles. The maximum atomic E-state index is 4.83. The lowest BCUT2D eigenvalue weighted by Crippen LogP contribution is -2.31. The third kappa shape index (κ3) is 1.27. The first-order valence-electron chi connectivity index (χ1n) is 6.65. The third-order valence-electron chi connectivity index (χ3n) is 4.62. The monoisotopic (exact) mass is 217 g/mol. The van der Waals surface area contributed by atoms with Gasteiger partial charge in [0.15, 0.2) is 0 Å². The molecule has 86 valence electrons. The molecule has 1 aromatic heterocycles. The van der Waals surface area contributed by atoms with Crippen molar-refractivity contribution < 1.29 is 0 Å². The summed E-state index contributed by atoms with van der Waals surface area (Å²) in [6.07, 6.45) is 8.90. The van der Waals surface area contributed by atoms with Crippen LogP contribution in [0.2, 0.25) is 0 Å². The van der Waals surface area contributed by atoms with Gasteiger partial charge in [0.2, 0.25) is 0 Å². The molecular weight excluding hydrogens is 198 g/mol. The molecular formula is C13H19N3. The SMILES string of the molecule is C[C@H](C1CC1)n1cc2c(n1)C[C@H]1CC[C@@H]2N1. The van der Waals surface area contributed by atoms with E-state index in [0.717, 1.165) is 12.3 Å². The van der Waals surface area contributed by atoms with Crippen molar-refractivity contribution in [2.45, 2.75) is 57.2 Å². The highest BCUT2D eigenvalue weighted by molar-refractivity contribution is 5.28. The molecule has 1 saturated heterocycles. The van der Waals surface area contributed by atoms with Gasteiger partial charge in [0.05, 0.1) is 11.7 Å². The molecule has 3 heterocycles. The minimum absolute atomic E-state index is 0.605. The molecule has 3 atom stereocenters. The summed E-state index contributed by atoms with van der Waals surface area (Å²) in [7, 11) is 0. The van der Waals surface area contributed by atoms with Crippen LogP contribution in [0.1, 0.15) is 55.9 Å². The Balaban J connectivity index is 1.69. The lowest BCUT2D eigenvalue weighted by atomic mass is 10.0. The van der Waals surface area contributed by atoms with Crippen molar-refractivity contribution in [2.75, 3.05) is 0 Å². The summed E-state index contributed by atoms with van der Waals surface area (Å²) >= 11 is 0. The Morgan fingerprint density at radius 2 is 2.25 bits per heavy atom. The Morgan fingerprint density at radius 1 is 1.38 bits per heavy atom. The quantitative estimate of drug-likeness (QED) is 0.823. The fourth-order valence-corrected chi connectivity index (χ4v) is 3.35. The molecule has 3 aliphatic rings. The normalized spacial score (nSPS) is 33.8. The molecule has 0 radical (unpaired) electrons. The Labute approximate surface area is 96.2 Å². The van der Waals surface area contributed by atoms with Gasteiger partial charge in [-0.2, -0.15) is 5.10 Å². The van der Waals surface area contributed by atoms with Crippen LogP contribution in [0.25, 0.3) is 0 Å². The molecule has 1 aromatic rings. The van der Waals surface area contributed by atoms with Gasteiger partial charge in [-0.3, -0.25) is 4.68 Å². The summed E-state index contributed by atoms with van der Waals surface area (Å²) in [5, 5.41) is 8.52. The molecule has 0 spiro atoms. The Kier molecular flexibility index (Phi) is 1.79. The van der Waals surface area contributed by atoms with Gasteiger partial charge in [-0.05, 0) is 38.5 Å². The van der Waals surface area contributed by atoms with Crippen LogP contribution in [0.15, 0.2) is 6.20 Å². The number of aromatic nitrogens is 2. The van der Waals surface area contributed by atoms with Gasteiger partial charge >= 0.3 is 0 Å². The van der Waals surface area contributed by atoms with Crippen molar-refractivity contribution in [1.29, 1.82) is 0 Å². The van der Waals surface area contributed by atoms with Gasteiger partial charge in [0, 0.05) is 30.3 Å². The second kappa shape index (κ2) is 3.10. The minimum atomic E-state index is 0.605. The molecule has 1 N–H and O–H groups in total. The molecule has 1 aliphatic carbocycles. The fourth-order valence-electron chi connectivity index (χ4n) is 3.35. The summed E-state index contributed by atoms with van der Waals surface area (Å²) in [5.74, 6) is 0.895. The van der Waals surface area contributed by atoms with E-state index < -0.39 is 0 Å². The molecule has 2 fully saturated rings. The van der Waals surface area contributed by atoms with E-state index >= 15 is 0 Å². The predicted molar refractivity (Wildman–Crippen MR) is 62.3 cm³/mol. The highest BCUT2D eigenvalue weighted by Crippen LogP contribution is 2.41. The van der Waals surface area contributed by atoms with E-state index in [9.17, 15) is 0 Å². The standard InChI is InChI=1S/C13H19N3/c1-8(9-2-3-9)16-7-11-12-5-4-10(14-12)6-13(11)15-16/h7-10,12,14H,2-6H2,1H3/t8-,10-,12+/m1/s1. The number of fused-ring (bicyclic) bond motifs is 4. The summed E-state index contributed by atoms with van der Waals surface area (Å²) in [6.45, 7) is 2.32. The van der Waals surface area contributed by atoms with Crippen molar-refractivity contribution >= 4 is 0 Å². The lowest BCUT2D eigenvalue weighted by molar-refractivity contribution is 0.434. The lowest BCUT2D eigenvalue weighted by Gasteiger charge is -2.19. The second-order valence-electron chi connectivity index (χ2n) is 5.79. The molecule has 3 nitrogen and oxygen atoms in total. The molecule has 16 heavy (non-hydrogen) atoms. The Morgan fingerprint density at radius 3 is 3.06 bits per heavy atom. The zero-order chi connectivity index (χ0) is 10.7. The van der Waals surface area contributed by atoms with E-state index in [4.69, 9.17) is 5.10 Å². The van der Waals surface area contributed by atoms with E-state index in [2.05, 4.69) is 23.1 Å². The average molecular weight is 217 g/mol. The number of rotatable bonds is 2. The van der Waals surface area contributed by atoms with Crippen molar-refractivity contribution in [2.24, 2.45) is 5.92 Å². The summed E-state index contributed by atoms with van der Waals surface area (Å²) in [4.78, 5) is 0. The number of hydrogen-bond acceptors (Lipinski definition) is 2. The molecule has 2 bridgehead atoms. The van der Waals surface area contributed by atoms with Crippen LogP contribution in [0.3, 0.4) is 0 Å². The van der Waals surface area contributed by atoms with Crippen molar-refractivity contribution in [3.8, 4) is 0 Å².